The largest absolute Gasteiger partial charge is 0.373 e. The van der Waals surface area contributed by atoms with Crippen molar-refractivity contribution in [2.24, 2.45) is 0 Å². The van der Waals surface area contributed by atoms with Gasteiger partial charge in [0.2, 0.25) is 6.43 Å². The summed E-state index contributed by atoms with van der Waals surface area (Å²) in [5.74, 6) is 0. The Bertz CT molecular complexity index is 292. The molecule has 0 fully saturated rings. The van der Waals surface area contributed by atoms with Crippen LogP contribution in [0.25, 0.3) is 0 Å². The summed E-state index contributed by atoms with van der Waals surface area (Å²) in [6, 6.07) is 0. The van der Waals surface area contributed by atoms with E-state index < -0.39 is 6.43 Å². The molecule has 1 N–H and O–H groups in total. The SMILES string of the molecule is FC(F)CCCCCCCCCC1(Br)C=CC=CN1. The van der Waals surface area contributed by atoms with Crippen molar-refractivity contribution in [1.82, 2.24) is 5.32 Å². The Morgan fingerprint density at radius 1 is 0.947 bits per heavy atom. The van der Waals surface area contributed by atoms with Crippen LogP contribution >= 0.6 is 15.9 Å². The Hall–Kier alpha value is -0.380. The van der Waals surface area contributed by atoms with E-state index in [2.05, 4.69) is 27.3 Å². The summed E-state index contributed by atoms with van der Waals surface area (Å²) in [6.45, 7) is 0. The average Bonchev–Trinajstić information content (AvgIpc) is 2.37. The highest BCUT2D eigenvalue weighted by Gasteiger charge is 2.21. The smallest absolute Gasteiger partial charge is 0.238 e. The van der Waals surface area contributed by atoms with E-state index in [1.807, 2.05) is 18.4 Å². The lowest BCUT2D eigenvalue weighted by Gasteiger charge is -2.26. The molecule has 1 aliphatic rings. The fraction of sp³-hybridized carbons (Fsp3) is 0.733. The second-order valence-corrected chi connectivity index (χ2v) is 6.54. The maximum atomic E-state index is 11.9. The van der Waals surface area contributed by atoms with Gasteiger partial charge < -0.3 is 5.32 Å². The van der Waals surface area contributed by atoms with Crippen LogP contribution in [0.1, 0.15) is 57.8 Å². The topological polar surface area (TPSA) is 12.0 Å². The first-order chi connectivity index (χ1) is 9.12. The maximum absolute atomic E-state index is 11.9. The number of allylic oxidation sites excluding steroid dienone is 2. The number of unbranched alkanes of at least 4 members (excludes halogenated alkanes) is 6. The van der Waals surface area contributed by atoms with E-state index in [4.69, 9.17) is 0 Å². The van der Waals surface area contributed by atoms with Gasteiger partial charge in [0.25, 0.3) is 0 Å². The van der Waals surface area contributed by atoms with E-state index in [0.717, 1.165) is 19.3 Å². The van der Waals surface area contributed by atoms with Crippen molar-refractivity contribution < 1.29 is 8.78 Å². The van der Waals surface area contributed by atoms with Crippen LogP contribution in [-0.2, 0) is 0 Å². The number of hydrogen-bond donors (Lipinski definition) is 1. The minimum absolute atomic E-state index is 0.0671. The summed E-state index contributed by atoms with van der Waals surface area (Å²) in [6.07, 6.45) is 14.6. The fourth-order valence-electron chi connectivity index (χ4n) is 2.22. The lowest BCUT2D eigenvalue weighted by atomic mass is 10.0. The number of halogens is 3. The predicted octanol–water partition coefficient (Wildman–Crippen LogP) is 5.53. The number of dihydropyridines is 1. The maximum Gasteiger partial charge on any atom is 0.238 e. The van der Waals surface area contributed by atoms with Gasteiger partial charge in [-0.1, -0.05) is 54.1 Å². The number of nitrogens with one attached hydrogen (secondary N) is 1. The van der Waals surface area contributed by atoms with E-state index in [0.29, 0.717) is 6.42 Å². The van der Waals surface area contributed by atoms with Crippen molar-refractivity contribution in [3.63, 3.8) is 0 Å². The van der Waals surface area contributed by atoms with Gasteiger partial charge in [-0.05, 0) is 37.6 Å². The van der Waals surface area contributed by atoms with Gasteiger partial charge in [0, 0.05) is 6.42 Å². The Balaban J connectivity index is 1.89. The molecular formula is C15H24BrF2N. The quantitative estimate of drug-likeness (QED) is 0.314. The summed E-state index contributed by atoms with van der Waals surface area (Å²) in [5.41, 5.74) is 0. The van der Waals surface area contributed by atoms with Crippen molar-refractivity contribution in [3.05, 3.63) is 24.4 Å². The molecule has 1 aliphatic heterocycles. The lowest BCUT2D eigenvalue weighted by Crippen LogP contribution is -2.34. The highest BCUT2D eigenvalue weighted by Crippen LogP contribution is 2.26. The Morgan fingerprint density at radius 3 is 2.16 bits per heavy atom. The molecule has 0 aliphatic carbocycles. The van der Waals surface area contributed by atoms with Crippen molar-refractivity contribution in [2.45, 2.75) is 68.7 Å². The summed E-state index contributed by atoms with van der Waals surface area (Å²) < 4.78 is 23.7. The van der Waals surface area contributed by atoms with Gasteiger partial charge in [0.15, 0.2) is 0 Å². The van der Waals surface area contributed by atoms with Crippen molar-refractivity contribution >= 4 is 15.9 Å². The monoisotopic (exact) mass is 335 g/mol. The van der Waals surface area contributed by atoms with Crippen LogP contribution in [-0.4, -0.2) is 10.9 Å². The molecule has 4 heteroatoms. The van der Waals surface area contributed by atoms with Crippen LogP contribution in [0.15, 0.2) is 24.4 Å². The zero-order valence-corrected chi connectivity index (χ0v) is 13.0. The minimum Gasteiger partial charge on any atom is -0.373 e. The molecule has 0 aromatic carbocycles. The zero-order valence-electron chi connectivity index (χ0n) is 11.4. The Labute approximate surface area is 123 Å². The standard InChI is InChI=1S/C15H24BrF2N/c16-15(12-8-9-13-19-15)11-7-5-3-1-2-4-6-10-14(17)18/h8-9,12-14,19H,1-7,10-11H2. The van der Waals surface area contributed by atoms with E-state index >= 15 is 0 Å². The molecular weight excluding hydrogens is 312 g/mol. The molecule has 110 valence electrons. The molecule has 0 aromatic rings. The van der Waals surface area contributed by atoms with Crippen LogP contribution in [0.2, 0.25) is 0 Å². The first-order valence-corrected chi connectivity index (χ1v) is 8.01. The fourth-order valence-corrected chi connectivity index (χ4v) is 2.78. The second kappa shape index (κ2) is 9.51. The molecule has 19 heavy (non-hydrogen) atoms. The van der Waals surface area contributed by atoms with Crippen molar-refractivity contribution in [3.8, 4) is 0 Å². The van der Waals surface area contributed by atoms with Crippen LogP contribution < -0.4 is 5.32 Å². The Kier molecular flexibility index (Phi) is 8.35. The van der Waals surface area contributed by atoms with Gasteiger partial charge in [-0.3, -0.25) is 0 Å². The third-order valence-corrected chi connectivity index (χ3v) is 4.24. The van der Waals surface area contributed by atoms with E-state index in [9.17, 15) is 8.78 Å². The van der Waals surface area contributed by atoms with Gasteiger partial charge in [0.1, 0.15) is 4.45 Å². The molecule has 0 saturated carbocycles. The number of alkyl halides is 3. The molecule has 1 rings (SSSR count). The molecule has 0 radical (unpaired) electrons. The van der Waals surface area contributed by atoms with E-state index in [1.54, 1.807) is 0 Å². The second-order valence-electron chi connectivity index (χ2n) is 5.13. The minimum atomic E-state index is -2.12. The molecule has 1 heterocycles. The number of rotatable bonds is 10. The van der Waals surface area contributed by atoms with Gasteiger partial charge in [-0.25, -0.2) is 8.78 Å². The molecule has 1 nitrogen and oxygen atoms in total. The molecule has 0 amide bonds. The third kappa shape index (κ3) is 8.40. The molecule has 0 spiro atoms. The van der Waals surface area contributed by atoms with Crippen molar-refractivity contribution in [1.29, 1.82) is 0 Å². The van der Waals surface area contributed by atoms with Crippen LogP contribution in [0, 0.1) is 0 Å². The molecule has 0 bridgehead atoms. The molecule has 0 aromatic heterocycles. The van der Waals surface area contributed by atoms with Gasteiger partial charge in [0.05, 0.1) is 0 Å². The summed E-state index contributed by atoms with van der Waals surface area (Å²) in [4.78, 5) is 0. The zero-order chi connectivity index (χ0) is 14.0. The van der Waals surface area contributed by atoms with E-state index in [1.165, 1.54) is 25.7 Å². The molecule has 1 unspecified atom stereocenters. The summed E-state index contributed by atoms with van der Waals surface area (Å²) in [7, 11) is 0. The van der Waals surface area contributed by atoms with Gasteiger partial charge in [-0.2, -0.15) is 0 Å². The number of hydrogen-bond acceptors (Lipinski definition) is 1. The predicted molar refractivity (Wildman–Crippen MR) is 80.6 cm³/mol. The van der Waals surface area contributed by atoms with Crippen LogP contribution in [0.4, 0.5) is 8.78 Å². The first kappa shape index (κ1) is 16.7. The highest BCUT2D eigenvalue weighted by molar-refractivity contribution is 9.10. The van der Waals surface area contributed by atoms with Crippen LogP contribution in [0.3, 0.4) is 0 Å². The highest BCUT2D eigenvalue weighted by atomic mass is 79.9. The van der Waals surface area contributed by atoms with Crippen LogP contribution in [0.5, 0.6) is 0 Å². The Morgan fingerprint density at radius 2 is 1.58 bits per heavy atom. The summed E-state index contributed by atoms with van der Waals surface area (Å²) in [5, 5.41) is 3.30. The van der Waals surface area contributed by atoms with Gasteiger partial charge in [-0.15, -0.1) is 0 Å². The van der Waals surface area contributed by atoms with E-state index in [-0.39, 0.29) is 10.9 Å². The average molecular weight is 336 g/mol. The summed E-state index contributed by atoms with van der Waals surface area (Å²) >= 11 is 3.69. The van der Waals surface area contributed by atoms with Gasteiger partial charge >= 0.3 is 0 Å². The van der Waals surface area contributed by atoms with Crippen molar-refractivity contribution in [2.75, 3.05) is 0 Å². The molecule has 1 atom stereocenters. The first-order valence-electron chi connectivity index (χ1n) is 7.21. The third-order valence-electron chi connectivity index (χ3n) is 3.35. The normalized spacial score (nSPS) is 21.9. The lowest BCUT2D eigenvalue weighted by molar-refractivity contribution is 0.133. The molecule has 0 saturated heterocycles.